The number of carbonyl (C=O) groups is 1. The van der Waals surface area contributed by atoms with Crippen LogP contribution in [0.3, 0.4) is 0 Å². The largest absolute Gasteiger partial charge is 0.343 e. The summed E-state index contributed by atoms with van der Waals surface area (Å²) in [5.41, 5.74) is 3.93. The molecule has 1 aliphatic heterocycles. The third-order valence-electron chi connectivity index (χ3n) is 5.42. The van der Waals surface area contributed by atoms with Gasteiger partial charge in [0.2, 0.25) is 0 Å². The molecule has 2 aromatic rings. The second-order valence-electron chi connectivity index (χ2n) is 9.11. The lowest BCUT2D eigenvalue weighted by Gasteiger charge is -2.38. The minimum absolute atomic E-state index is 0.112. The summed E-state index contributed by atoms with van der Waals surface area (Å²) in [6.07, 6.45) is 1.24. The Labute approximate surface area is 175 Å². The molecule has 0 radical (unpaired) electrons. The number of nitrogens with one attached hydrogen (secondary N) is 2. The summed E-state index contributed by atoms with van der Waals surface area (Å²) in [7, 11) is 0. The predicted octanol–water partition coefficient (Wildman–Crippen LogP) is 4.78. The van der Waals surface area contributed by atoms with Crippen LogP contribution in [0.4, 0.5) is 5.82 Å². The van der Waals surface area contributed by atoms with E-state index in [1.807, 2.05) is 25.1 Å². The first-order valence-corrected chi connectivity index (χ1v) is 10.9. The molecule has 1 aliphatic carbocycles. The molecule has 5 nitrogen and oxygen atoms in total. The zero-order valence-electron chi connectivity index (χ0n) is 17.6. The maximum Gasteiger partial charge on any atom is 0.257 e. The molecule has 1 aromatic heterocycles. The smallest absolute Gasteiger partial charge is 0.257 e. The Morgan fingerprint density at radius 3 is 2.66 bits per heavy atom. The summed E-state index contributed by atoms with van der Waals surface area (Å²) >= 11 is 1.52. The molecule has 4 rings (SSSR count). The highest BCUT2D eigenvalue weighted by molar-refractivity contribution is 7.99. The average molecular weight is 410 g/mol. The highest BCUT2D eigenvalue weighted by Gasteiger charge is 2.42. The lowest BCUT2D eigenvalue weighted by molar-refractivity contribution is -0.118. The number of ketones is 1. The summed E-state index contributed by atoms with van der Waals surface area (Å²) in [6.45, 7) is 10.4. The van der Waals surface area contributed by atoms with Crippen molar-refractivity contribution < 1.29 is 4.79 Å². The number of aryl methyl sites for hydroxylation is 1. The molecule has 0 fully saturated rings. The fourth-order valence-electron chi connectivity index (χ4n) is 4.36. The van der Waals surface area contributed by atoms with Gasteiger partial charge in [-0.25, -0.2) is 4.98 Å². The molecular weight excluding hydrogens is 382 g/mol. The van der Waals surface area contributed by atoms with Crippen LogP contribution in [-0.2, 0) is 4.79 Å². The van der Waals surface area contributed by atoms with Crippen LogP contribution in [0, 0.1) is 12.3 Å². The standard InChI is InChI=1S/C23H27N3O2S/c1-12(2)29-22-25-20-19(21(28)26-22)17(14-8-6-7-13(3)9-14)18-15(24-20)10-23(4,5)11-16(18)27/h6-9,12,17H,10-11H2,1-5H3,(H2,24,25,26,28). The summed E-state index contributed by atoms with van der Waals surface area (Å²) in [4.78, 5) is 34.0. The zero-order valence-corrected chi connectivity index (χ0v) is 18.4. The molecule has 0 bridgehead atoms. The van der Waals surface area contributed by atoms with Crippen LogP contribution >= 0.6 is 11.8 Å². The van der Waals surface area contributed by atoms with Crippen LogP contribution in [-0.4, -0.2) is 21.0 Å². The van der Waals surface area contributed by atoms with E-state index in [1.54, 1.807) is 0 Å². The van der Waals surface area contributed by atoms with Crippen molar-refractivity contribution in [3.05, 3.63) is 62.6 Å². The number of Topliss-reactive ketones (excluding diaryl/α,β-unsaturated/α-hetero) is 1. The molecule has 2 aliphatic rings. The van der Waals surface area contributed by atoms with E-state index in [0.717, 1.165) is 28.8 Å². The number of anilines is 1. The Morgan fingerprint density at radius 2 is 1.97 bits per heavy atom. The van der Waals surface area contributed by atoms with Gasteiger partial charge in [0.25, 0.3) is 5.56 Å². The van der Waals surface area contributed by atoms with Crippen molar-refractivity contribution in [2.45, 2.75) is 63.8 Å². The SMILES string of the molecule is Cc1cccc(C2C3=C(CC(C)(C)CC3=O)Nc3nc(SC(C)C)[nH]c(=O)c32)c1. The van der Waals surface area contributed by atoms with E-state index in [9.17, 15) is 9.59 Å². The van der Waals surface area contributed by atoms with Crippen molar-refractivity contribution in [2.75, 3.05) is 5.32 Å². The number of thioether (sulfide) groups is 1. The summed E-state index contributed by atoms with van der Waals surface area (Å²) in [5.74, 6) is 0.299. The Morgan fingerprint density at radius 1 is 1.21 bits per heavy atom. The Hall–Kier alpha value is -2.34. The van der Waals surface area contributed by atoms with Gasteiger partial charge in [0.15, 0.2) is 10.9 Å². The molecule has 1 unspecified atom stereocenters. The van der Waals surface area contributed by atoms with Crippen LogP contribution in [0.2, 0.25) is 0 Å². The maximum atomic E-state index is 13.2. The van der Waals surface area contributed by atoms with Crippen molar-refractivity contribution in [1.29, 1.82) is 0 Å². The molecule has 0 saturated carbocycles. The molecular formula is C23H27N3O2S. The number of carbonyl (C=O) groups excluding carboxylic acids is 1. The molecule has 1 atom stereocenters. The monoisotopic (exact) mass is 409 g/mol. The van der Waals surface area contributed by atoms with Gasteiger partial charge in [-0.05, 0) is 24.3 Å². The van der Waals surface area contributed by atoms with Crippen LogP contribution in [0.1, 0.15) is 63.1 Å². The zero-order chi connectivity index (χ0) is 20.9. The highest BCUT2D eigenvalue weighted by Crippen LogP contribution is 2.47. The number of fused-ring (bicyclic) bond motifs is 1. The molecule has 6 heteroatoms. The van der Waals surface area contributed by atoms with Crippen LogP contribution in [0.15, 0.2) is 45.5 Å². The van der Waals surface area contributed by atoms with Gasteiger partial charge < -0.3 is 10.3 Å². The molecule has 0 spiro atoms. The van der Waals surface area contributed by atoms with Gasteiger partial charge in [-0.2, -0.15) is 0 Å². The molecule has 2 heterocycles. The first kappa shape index (κ1) is 20.0. The Bertz CT molecular complexity index is 1080. The van der Waals surface area contributed by atoms with Gasteiger partial charge in [-0.3, -0.25) is 9.59 Å². The summed E-state index contributed by atoms with van der Waals surface area (Å²) in [6, 6.07) is 8.07. The molecule has 2 N–H and O–H groups in total. The van der Waals surface area contributed by atoms with Gasteiger partial charge in [0.05, 0.1) is 5.56 Å². The molecule has 152 valence electrons. The van der Waals surface area contributed by atoms with E-state index in [4.69, 9.17) is 4.98 Å². The van der Waals surface area contributed by atoms with Gasteiger partial charge in [0, 0.05) is 28.9 Å². The van der Waals surface area contributed by atoms with E-state index in [0.29, 0.717) is 28.2 Å². The number of hydrogen-bond acceptors (Lipinski definition) is 5. The molecule has 0 amide bonds. The molecule has 1 aromatic carbocycles. The second kappa shape index (κ2) is 7.17. The summed E-state index contributed by atoms with van der Waals surface area (Å²) in [5, 5.41) is 4.27. The fraction of sp³-hybridized carbons (Fsp3) is 0.435. The van der Waals surface area contributed by atoms with Crippen LogP contribution < -0.4 is 10.9 Å². The number of rotatable bonds is 3. The quantitative estimate of drug-likeness (QED) is 0.564. The van der Waals surface area contributed by atoms with E-state index in [2.05, 4.69) is 44.1 Å². The topological polar surface area (TPSA) is 74.8 Å². The number of H-pyrrole nitrogens is 1. The normalized spacial score (nSPS) is 20.3. The molecule has 0 saturated heterocycles. The number of aromatic nitrogens is 2. The second-order valence-corrected chi connectivity index (χ2v) is 10.7. The predicted molar refractivity (Wildman–Crippen MR) is 118 cm³/mol. The average Bonchev–Trinajstić information content (AvgIpc) is 2.58. The Kier molecular flexibility index (Phi) is 4.93. The number of aromatic amines is 1. The van der Waals surface area contributed by atoms with Crippen molar-refractivity contribution >= 4 is 23.4 Å². The van der Waals surface area contributed by atoms with E-state index >= 15 is 0 Å². The van der Waals surface area contributed by atoms with Crippen molar-refractivity contribution in [1.82, 2.24) is 9.97 Å². The highest BCUT2D eigenvalue weighted by atomic mass is 32.2. The van der Waals surface area contributed by atoms with E-state index < -0.39 is 0 Å². The van der Waals surface area contributed by atoms with E-state index in [1.165, 1.54) is 11.8 Å². The van der Waals surface area contributed by atoms with Gasteiger partial charge >= 0.3 is 0 Å². The minimum atomic E-state index is -0.390. The number of nitrogens with zero attached hydrogens (tertiary/aromatic N) is 1. The van der Waals surface area contributed by atoms with Crippen molar-refractivity contribution in [2.24, 2.45) is 5.41 Å². The third-order valence-corrected chi connectivity index (χ3v) is 6.31. The fourth-order valence-corrected chi connectivity index (χ4v) is 5.10. The molecule has 29 heavy (non-hydrogen) atoms. The first-order valence-electron chi connectivity index (χ1n) is 10.1. The van der Waals surface area contributed by atoms with Crippen LogP contribution in [0.25, 0.3) is 0 Å². The third kappa shape index (κ3) is 3.78. The van der Waals surface area contributed by atoms with E-state index in [-0.39, 0.29) is 22.7 Å². The van der Waals surface area contributed by atoms with Crippen molar-refractivity contribution in [3.8, 4) is 0 Å². The number of allylic oxidation sites excluding steroid dienone is 2. The van der Waals surface area contributed by atoms with Crippen LogP contribution in [0.5, 0.6) is 0 Å². The number of hydrogen-bond donors (Lipinski definition) is 2. The number of benzene rings is 1. The van der Waals surface area contributed by atoms with Gasteiger partial charge in [0.1, 0.15) is 5.82 Å². The van der Waals surface area contributed by atoms with Gasteiger partial charge in [-0.1, -0.05) is 69.3 Å². The lowest BCUT2D eigenvalue weighted by Crippen LogP contribution is -2.37. The summed E-state index contributed by atoms with van der Waals surface area (Å²) < 4.78 is 0. The first-order chi connectivity index (χ1) is 13.6. The maximum absolute atomic E-state index is 13.2. The van der Waals surface area contributed by atoms with Gasteiger partial charge in [-0.15, -0.1) is 0 Å². The Balaban J connectivity index is 1.94. The minimum Gasteiger partial charge on any atom is -0.343 e. The lowest BCUT2D eigenvalue weighted by atomic mass is 9.69. The van der Waals surface area contributed by atoms with Crippen molar-refractivity contribution in [3.63, 3.8) is 0 Å².